The number of benzene rings is 1. The number of hydrogen-bond acceptors (Lipinski definition) is 4. The van der Waals surface area contributed by atoms with Crippen LogP contribution in [0.4, 0.5) is 0 Å². The Hall–Kier alpha value is -1.81. The summed E-state index contributed by atoms with van der Waals surface area (Å²) in [4.78, 5) is 11.1. The molecule has 0 aromatic heterocycles. The minimum absolute atomic E-state index is 0.172. The molecule has 0 saturated carbocycles. The van der Waals surface area contributed by atoms with Gasteiger partial charge in [-0.3, -0.25) is 4.79 Å². The van der Waals surface area contributed by atoms with Gasteiger partial charge in [0.25, 0.3) is 0 Å². The summed E-state index contributed by atoms with van der Waals surface area (Å²) < 4.78 is 17.4. The molecule has 0 radical (unpaired) electrons. The van der Waals surface area contributed by atoms with Gasteiger partial charge in [0.05, 0.1) is 6.61 Å². The lowest BCUT2D eigenvalue weighted by Gasteiger charge is -2.32. The van der Waals surface area contributed by atoms with Crippen LogP contribution in [0.2, 0.25) is 0 Å². The van der Waals surface area contributed by atoms with E-state index in [1.165, 1.54) is 0 Å². The molecule has 0 bridgehead atoms. The van der Waals surface area contributed by atoms with Gasteiger partial charge < -0.3 is 14.2 Å². The highest BCUT2D eigenvalue weighted by Gasteiger charge is 2.30. The van der Waals surface area contributed by atoms with E-state index >= 15 is 0 Å². The van der Waals surface area contributed by atoms with Crippen molar-refractivity contribution < 1.29 is 19.0 Å². The fourth-order valence-corrected chi connectivity index (χ4v) is 2.60. The highest BCUT2D eigenvalue weighted by molar-refractivity contribution is 5.86. The molecule has 2 aliphatic heterocycles. The van der Waals surface area contributed by atoms with Crippen LogP contribution in [0.3, 0.4) is 0 Å². The fraction of sp³-hybridized carbons (Fsp3) is 0.471. The lowest BCUT2D eigenvalue weighted by Crippen LogP contribution is -2.34. The summed E-state index contributed by atoms with van der Waals surface area (Å²) >= 11 is 0. The maximum atomic E-state index is 11.1. The van der Waals surface area contributed by atoms with Gasteiger partial charge in [0.2, 0.25) is 0 Å². The topological polar surface area (TPSA) is 44.8 Å². The van der Waals surface area contributed by atoms with Crippen LogP contribution in [0.25, 0.3) is 6.08 Å². The lowest BCUT2D eigenvalue weighted by atomic mass is 9.93. The van der Waals surface area contributed by atoms with Gasteiger partial charge in [-0.25, -0.2) is 0 Å². The minimum Gasteiger partial charge on any atom is -0.482 e. The zero-order valence-corrected chi connectivity index (χ0v) is 12.4. The molecule has 0 N–H and O–H groups in total. The van der Waals surface area contributed by atoms with Gasteiger partial charge >= 0.3 is 0 Å². The minimum atomic E-state index is -0.616. The highest BCUT2D eigenvalue weighted by Crippen LogP contribution is 2.37. The largest absolute Gasteiger partial charge is 0.482 e. The summed E-state index contributed by atoms with van der Waals surface area (Å²) in [6.07, 6.45) is 5.69. The molecule has 0 unspecified atom stereocenters. The number of hydrogen-bond donors (Lipinski definition) is 0. The maximum absolute atomic E-state index is 11.1. The van der Waals surface area contributed by atoms with Gasteiger partial charge in [-0.1, -0.05) is 0 Å². The SMILES string of the molecule is CC1(C)Oc2cc(O[C@@H]3CCCCO3)ccc2C=C1C=O. The van der Waals surface area contributed by atoms with Crippen LogP contribution in [0.1, 0.15) is 38.7 Å². The van der Waals surface area contributed by atoms with Gasteiger partial charge in [0.15, 0.2) is 6.29 Å². The first-order valence-electron chi connectivity index (χ1n) is 7.37. The Morgan fingerprint density at radius 2 is 2.19 bits per heavy atom. The molecule has 2 heterocycles. The van der Waals surface area contributed by atoms with Gasteiger partial charge in [-0.05, 0) is 44.9 Å². The van der Waals surface area contributed by atoms with Crippen molar-refractivity contribution >= 4 is 12.4 Å². The van der Waals surface area contributed by atoms with Crippen molar-refractivity contribution in [2.75, 3.05) is 6.61 Å². The average molecular weight is 288 g/mol. The zero-order valence-electron chi connectivity index (χ0n) is 12.4. The van der Waals surface area contributed by atoms with Gasteiger partial charge in [-0.2, -0.15) is 0 Å². The van der Waals surface area contributed by atoms with Crippen LogP contribution < -0.4 is 9.47 Å². The Bertz CT molecular complexity index is 568. The van der Waals surface area contributed by atoms with E-state index in [0.717, 1.165) is 49.2 Å². The van der Waals surface area contributed by atoms with Crippen molar-refractivity contribution in [2.45, 2.75) is 45.0 Å². The summed E-state index contributed by atoms with van der Waals surface area (Å²) in [5.74, 6) is 1.47. The Morgan fingerprint density at radius 3 is 2.90 bits per heavy atom. The third kappa shape index (κ3) is 2.95. The first kappa shape index (κ1) is 14.1. The monoisotopic (exact) mass is 288 g/mol. The Labute approximate surface area is 124 Å². The zero-order chi connectivity index (χ0) is 14.9. The summed E-state index contributed by atoms with van der Waals surface area (Å²) in [5.41, 5.74) is 0.918. The smallest absolute Gasteiger partial charge is 0.199 e. The van der Waals surface area contributed by atoms with Crippen LogP contribution >= 0.6 is 0 Å². The van der Waals surface area contributed by atoms with Crippen molar-refractivity contribution in [3.8, 4) is 11.5 Å². The molecule has 1 saturated heterocycles. The van der Waals surface area contributed by atoms with E-state index in [1.54, 1.807) is 0 Å². The molecule has 1 atom stereocenters. The van der Waals surface area contributed by atoms with E-state index in [0.29, 0.717) is 5.57 Å². The van der Waals surface area contributed by atoms with Crippen LogP contribution in [-0.4, -0.2) is 24.8 Å². The van der Waals surface area contributed by atoms with Crippen molar-refractivity contribution in [3.63, 3.8) is 0 Å². The van der Waals surface area contributed by atoms with E-state index in [9.17, 15) is 4.79 Å². The van der Waals surface area contributed by atoms with Crippen molar-refractivity contribution in [2.24, 2.45) is 0 Å². The molecular weight excluding hydrogens is 268 g/mol. The predicted molar refractivity (Wildman–Crippen MR) is 79.4 cm³/mol. The molecule has 112 valence electrons. The highest BCUT2D eigenvalue weighted by atomic mass is 16.7. The molecule has 21 heavy (non-hydrogen) atoms. The summed E-state index contributed by atoms with van der Waals surface area (Å²) in [5, 5.41) is 0. The number of carbonyl (C=O) groups is 1. The third-order valence-electron chi connectivity index (χ3n) is 3.89. The molecule has 1 aromatic rings. The molecule has 2 aliphatic rings. The molecule has 4 nitrogen and oxygen atoms in total. The normalized spacial score (nSPS) is 23.5. The molecule has 0 amide bonds. The Balaban J connectivity index is 1.82. The predicted octanol–water partition coefficient (Wildman–Crippen LogP) is 3.35. The Kier molecular flexibility index (Phi) is 3.72. The summed E-state index contributed by atoms with van der Waals surface area (Å²) in [6, 6.07) is 5.66. The molecule has 1 fully saturated rings. The fourth-order valence-electron chi connectivity index (χ4n) is 2.60. The van der Waals surface area contributed by atoms with E-state index in [-0.39, 0.29) is 6.29 Å². The molecule has 1 aromatic carbocycles. The quantitative estimate of drug-likeness (QED) is 0.800. The maximum Gasteiger partial charge on any atom is 0.199 e. The standard InChI is InChI=1S/C17H20O4/c1-17(2)13(11-18)9-12-6-7-14(10-15(12)21-17)20-16-5-3-4-8-19-16/h6-7,9-11,16H,3-5,8H2,1-2H3/t16-/m1/s1. The number of aldehydes is 1. The van der Waals surface area contributed by atoms with E-state index < -0.39 is 5.60 Å². The second-order valence-electron chi connectivity index (χ2n) is 5.94. The van der Waals surface area contributed by atoms with Gasteiger partial charge in [-0.15, -0.1) is 0 Å². The van der Waals surface area contributed by atoms with Crippen LogP contribution in [0, 0.1) is 0 Å². The van der Waals surface area contributed by atoms with Crippen LogP contribution in [0.5, 0.6) is 11.5 Å². The van der Waals surface area contributed by atoms with Crippen LogP contribution in [-0.2, 0) is 9.53 Å². The number of carbonyl (C=O) groups excluding carboxylic acids is 1. The molecular formula is C17H20O4. The molecule has 0 aliphatic carbocycles. The van der Waals surface area contributed by atoms with Gasteiger partial charge in [0, 0.05) is 23.6 Å². The number of fused-ring (bicyclic) bond motifs is 1. The molecule has 3 rings (SSSR count). The van der Waals surface area contributed by atoms with Gasteiger partial charge in [0.1, 0.15) is 23.4 Å². The van der Waals surface area contributed by atoms with E-state index in [1.807, 2.05) is 38.1 Å². The van der Waals surface area contributed by atoms with Crippen LogP contribution in [0.15, 0.2) is 23.8 Å². The first-order valence-corrected chi connectivity index (χ1v) is 7.37. The first-order chi connectivity index (χ1) is 10.1. The average Bonchev–Trinajstić information content (AvgIpc) is 2.46. The van der Waals surface area contributed by atoms with Crippen molar-refractivity contribution in [1.82, 2.24) is 0 Å². The summed E-state index contributed by atoms with van der Waals surface area (Å²) in [7, 11) is 0. The van der Waals surface area contributed by atoms with Crippen molar-refractivity contribution in [3.05, 3.63) is 29.3 Å². The lowest BCUT2D eigenvalue weighted by molar-refractivity contribution is -0.106. The Morgan fingerprint density at radius 1 is 1.33 bits per heavy atom. The third-order valence-corrected chi connectivity index (χ3v) is 3.89. The second kappa shape index (κ2) is 5.53. The van der Waals surface area contributed by atoms with Crippen molar-refractivity contribution in [1.29, 1.82) is 0 Å². The second-order valence-corrected chi connectivity index (χ2v) is 5.94. The summed E-state index contributed by atoms with van der Waals surface area (Å²) in [6.45, 7) is 4.52. The number of ether oxygens (including phenoxy) is 3. The van der Waals surface area contributed by atoms with E-state index in [4.69, 9.17) is 14.2 Å². The molecule has 0 spiro atoms. The van der Waals surface area contributed by atoms with E-state index in [2.05, 4.69) is 0 Å². The molecule has 4 heteroatoms. The number of rotatable bonds is 3.